The molecule has 0 atom stereocenters. The van der Waals surface area contributed by atoms with Crippen LogP contribution in [0.25, 0.3) is 10.2 Å². The molecule has 0 N–H and O–H groups in total. The molecule has 194 valence electrons. The van der Waals surface area contributed by atoms with Gasteiger partial charge in [-0.3, -0.25) is 14.7 Å². The number of pyridine rings is 1. The normalized spacial score (nSPS) is 11.8. The molecule has 7 nitrogen and oxygen atoms in total. The van der Waals surface area contributed by atoms with Crippen LogP contribution >= 0.6 is 22.9 Å². The van der Waals surface area contributed by atoms with E-state index < -0.39 is 10.0 Å². The maximum atomic E-state index is 13.8. The largest absolute Gasteiger partial charge is 0.279 e. The van der Waals surface area contributed by atoms with Gasteiger partial charge < -0.3 is 0 Å². The molecule has 0 radical (unpaired) electrons. The highest BCUT2D eigenvalue weighted by Gasteiger charge is 2.25. The van der Waals surface area contributed by atoms with Crippen LogP contribution in [-0.2, 0) is 16.6 Å². The maximum Gasteiger partial charge on any atom is 0.260 e. The predicted octanol–water partition coefficient (Wildman–Crippen LogP) is 6.31. The number of carbonyl (C=O) groups excluding carboxylic acids is 1. The number of benzene rings is 2. The summed E-state index contributed by atoms with van der Waals surface area (Å²) in [7, 11) is -3.64. The van der Waals surface area contributed by atoms with E-state index in [4.69, 9.17) is 16.6 Å². The van der Waals surface area contributed by atoms with E-state index in [0.29, 0.717) is 28.8 Å². The lowest BCUT2D eigenvalue weighted by atomic mass is 10.2. The molecule has 10 heteroatoms. The fraction of sp³-hybridized carbons (Fsp3) is 0.296. The fourth-order valence-corrected chi connectivity index (χ4v) is 6.92. The number of thiazole rings is 1. The first kappa shape index (κ1) is 27.2. The molecule has 37 heavy (non-hydrogen) atoms. The summed E-state index contributed by atoms with van der Waals surface area (Å²) in [6, 6.07) is 13.5. The Kier molecular flexibility index (Phi) is 8.59. The Bertz CT molecular complexity index is 1490. The Hall–Kier alpha value is -2.85. The molecule has 0 bridgehead atoms. The zero-order valence-corrected chi connectivity index (χ0v) is 23.4. The lowest BCUT2D eigenvalue weighted by Gasteiger charge is -2.21. The maximum absolute atomic E-state index is 13.8. The molecule has 4 rings (SSSR count). The summed E-state index contributed by atoms with van der Waals surface area (Å²) in [6.45, 7) is 6.91. The van der Waals surface area contributed by atoms with Crippen LogP contribution < -0.4 is 4.90 Å². The van der Waals surface area contributed by atoms with Crippen molar-refractivity contribution in [2.24, 2.45) is 0 Å². The third-order valence-electron chi connectivity index (χ3n) is 6.03. The molecule has 0 unspecified atom stereocenters. The van der Waals surface area contributed by atoms with Gasteiger partial charge in [-0.25, -0.2) is 13.4 Å². The minimum atomic E-state index is -3.64. The molecule has 2 aromatic heterocycles. The third kappa shape index (κ3) is 6.01. The van der Waals surface area contributed by atoms with Crippen molar-refractivity contribution in [3.05, 3.63) is 82.6 Å². The van der Waals surface area contributed by atoms with Crippen molar-refractivity contribution in [3.63, 3.8) is 0 Å². The summed E-state index contributed by atoms with van der Waals surface area (Å²) < 4.78 is 28.6. The highest BCUT2D eigenvalue weighted by Crippen LogP contribution is 2.34. The molecule has 0 spiro atoms. The third-order valence-corrected chi connectivity index (χ3v) is 9.26. The molecule has 1 amide bonds. The number of carbonyl (C=O) groups is 1. The van der Waals surface area contributed by atoms with Crippen molar-refractivity contribution in [1.29, 1.82) is 0 Å². The lowest BCUT2D eigenvalue weighted by Crippen LogP contribution is -2.32. The van der Waals surface area contributed by atoms with Gasteiger partial charge in [0.15, 0.2) is 5.13 Å². The molecular weight excluding hydrogens is 528 g/mol. The van der Waals surface area contributed by atoms with E-state index in [-0.39, 0.29) is 17.3 Å². The molecule has 2 heterocycles. The van der Waals surface area contributed by atoms with Gasteiger partial charge in [0, 0.05) is 36.1 Å². The second-order valence-electron chi connectivity index (χ2n) is 8.69. The smallest absolute Gasteiger partial charge is 0.260 e. The summed E-state index contributed by atoms with van der Waals surface area (Å²) in [6.07, 6.45) is 5.09. The quantitative estimate of drug-likeness (QED) is 0.228. The standard InChI is InChI=1S/C27H29ClN4O3S2/c1-4-6-14-31(5-2)37(34,35)23-11-9-21(10-12-23)26(33)32(18-20-8-7-13-29-17-20)27-30-25-19(3)15-22(28)16-24(25)36-27/h7-13,15-17H,4-6,14,18H2,1-3H3. The highest BCUT2D eigenvalue weighted by molar-refractivity contribution is 7.89. The molecule has 0 aliphatic rings. The van der Waals surface area contributed by atoms with Gasteiger partial charge in [0.2, 0.25) is 10.0 Å². The molecule has 4 aromatic rings. The van der Waals surface area contributed by atoms with Crippen LogP contribution in [0.2, 0.25) is 5.02 Å². The number of unbranched alkanes of at least 4 members (excludes halogenated alkanes) is 1. The zero-order chi connectivity index (χ0) is 26.6. The molecule has 0 saturated heterocycles. The van der Waals surface area contributed by atoms with Crippen LogP contribution in [0.1, 0.15) is 48.2 Å². The number of rotatable bonds is 10. The Morgan fingerprint density at radius 2 is 1.86 bits per heavy atom. The molecule has 0 saturated carbocycles. The molecule has 2 aromatic carbocycles. The second kappa shape index (κ2) is 11.7. The lowest BCUT2D eigenvalue weighted by molar-refractivity contribution is 0.0985. The predicted molar refractivity (Wildman–Crippen MR) is 150 cm³/mol. The molecular formula is C27H29ClN4O3S2. The SMILES string of the molecule is CCCCN(CC)S(=O)(=O)c1ccc(C(=O)N(Cc2cccnc2)c2nc3c(C)cc(Cl)cc3s2)cc1. The van der Waals surface area contributed by atoms with Crippen molar-refractivity contribution in [2.75, 3.05) is 18.0 Å². The van der Waals surface area contributed by atoms with Gasteiger partial charge in [-0.15, -0.1) is 0 Å². The Labute approximate surface area is 226 Å². The average molecular weight is 557 g/mol. The number of nitrogens with zero attached hydrogens (tertiary/aromatic N) is 4. The summed E-state index contributed by atoms with van der Waals surface area (Å²) in [5.41, 5.74) is 2.94. The van der Waals surface area contributed by atoms with Crippen LogP contribution in [0, 0.1) is 6.92 Å². The van der Waals surface area contributed by atoms with Crippen LogP contribution in [0.5, 0.6) is 0 Å². The molecule has 0 aliphatic carbocycles. The summed E-state index contributed by atoms with van der Waals surface area (Å²) in [5.74, 6) is -0.283. The Morgan fingerprint density at radius 1 is 1.11 bits per heavy atom. The molecule has 0 fully saturated rings. The van der Waals surface area contributed by atoms with E-state index >= 15 is 0 Å². The number of anilines is 1. The fourth-order valence-electron chi connectivity index (χ4n) is 4.02. The highest BCUT2D eigenvalue weighted by atomic mass is 35.5. The van der Waals surface area contributed by atoms with Gasteiger partial charge >= 0.3 is 0 Å². The average Bonchev–Trinajstić information content (AvgIpc) is 3.32. The first-order chi connectivity index (χ1) is 17.7. The summed E-state index contributed by atoms with van der Waals surface area (Å²) in [5, 5.41) is 1.14. The zero-order valence-electron chi connectivity index (χ0n) is 21.0. The van der Waals surface area contributed by atoms with Crippen molar-refractivity contribution in [3.8, 4) is 0 Å². The van der Waals surface area contributed by atoms with Crippen LogP contribution in [0.4, 0.5) is 5.13 Å². The van der Waals surface area contributed by atoms with Crippen LogP contribution in [-0.4, -0.2) is 41.7 Å². The minimum absolute atomic E-state index is 0.172. The topological polar surface area (TPSA) is 83.5 Å². The number of hydrogen-bond acceptors (Lipinski definition) is 6. The van der Waals surface area contributed by atoms with Crippen LogP contribution in [0.3, 0.4) is 0 Å². The summed E-state index contributed by atoms with van der Waals surface area (Å²) >= 11 is 7.64. The van der Waals surface area contributed by atoms with E-state index in [1.54, 1.807) is 29.4 Å². The van der Waals surface area contributed by atoms with E-state index in [9.17, 15) is 13.2 Å². The first-order valence-corrected chi connectivity index (χ1v) is 14.8. The number of fused-ring (bicyclic) bond motifs is 1. The van der Waals surface area contributed by atoms with Gasteiger partial charge in [-0.1, -0.05) is 49.3 Å². The number of amides is 1. The van der Waals surface area contributed by atoms with Crippen molar-refractivity contribution in [1.82, 2.24) is 14.3 Å². The van der Waals surface area contributed by atoms with E-state index in [1.165, 1.54) is 27.8 Å². The van der Waals surface area contributed by atoms with Gasteiger partial charge in [0.25, 0.3) is 5.91 Å². The van der Waals surface area contributed by atoms with Crippen LogP contribution in [0.15, 0.2) is 65.8 Å². The van der Waals surface area contributed by atoms with E-state index in [2.05, 4.69) is 4.98 Å². The van der Waals surface area contributed by atoms with Gasteiger partial charge in [-0.05, 0) is 66.9 Å². The Morgan fingerprint density at radius 3 is 2.51 bits per heavy atom. The molecule has 0 aliphatic heterocycles. The number of aryl methyl sites for hydroxylation is 1. The van der Waals surface area contributed by atoms with E-state index in [0.717, 1.165) is 34.2 Å². The minimum Gasteiger partial charge on any atom is -0.279 e. The van der Waals surface area contributed by atoms with Crippen molar-refractivity contribution < 1.29 is 13.2 Å². The monoisotopic (exact) mass is 556 g/mol. The van der Waals surface area contributed by atoms with Crippen molar-refractivity contribution in [2.45, 2.75) is 45.1 Å². The van der Waals surface area contributed by atoms with Gasteiger partial charge in [-0.2, -0.15) is 4.31 Å². The van der Waals surface area contributed by atoms with E-state index in [1.807, 2.05) is 45.0 Å². The number of halogens is 1. The summed E-state index contributed by atoms with van der Waals surface area (Å²) in [4.78, 5) is 24.5. The number of hydrogen-bond donors (Lipinski definition) is 0. The number of sulfonamides is 1. The second-order valence-corrected chi connectivity index (χ2v) is 12.1. The van der Waals surface area contributed by atoms with Gasteiger partial charge in [0.05, 0.1) is 21.7 Å². The van der Waals surface area contributed by atoms with Crippen molar-refractivity contribution >= 4 is 54.2 Å². The van der Waals surface area contributed by atoms with Gasteiger partial charge in [0.1, 0.15) is 0 Å². The Balaban J connectivity index is 1.69. The number of aromatic nitrogens is 2. The first-order valence-electron chi connectivity index (χ1n) is 12.1.